The zero-order valence-corrected chi connectivity index (χ0v) is 16.6. The quantitative estimate of drug-likeness (QED) is 0.528. The summed E-state index contributed by atoms with van der Waals surface area (Å²) in [5, 5.41) is 11.8. The number of ether oxygens (including phenoxy) is 1. The molecule has 10 heteroatoms. The van der Waals surface area contributed by atoms with Gasteiger partial charge in [-0.3, -0.25) is 4.79 Å². The summed E-state index contributed by atoms with van der Waals surface area (Å²) in [6.45, 7) is 3.01. The Hall–Kier alpha value is -2.52. The number of carbonyl (C=O) groups is 1. The number of carbonyl (C=O) groups excluding carboxylic acids is 1. The summed E-state index contributed by atoms with van der Waals surface area (Å²) in [7, 11) is 0. The van der Waals surface area contributed by atoms with Crippen molar-refractivity contribution in [3.63, 3.8) is 0 Å². The van der Waals surface area contributed by atoms with Crippen LogP contribution in [-0.4, -0.2) is 26.4 Å². The minimum absolute atomic E-state index is 0.122. The fourth-order valence-corrected chi connectivity index (χ4v) is 3.44. The molecule has 3 rings (SSSR count). The molecule has 0 aliphatic rings. The van der Waals surface area contributed by atoms with Crippen LogP contribution in [0.2, 0.25) is 5.02 Å². The zero-order valence-electron chi connectivity index (χ0n) is 15.0. The van der Waals surface area contributed by atoms with E-state index in [9.17, 15) is 9.18 Å². The number of furan rings is 1. The molecule has 1 N–H and O–H groups in total. The molecule has 0 atom stereocenters. The van der Waals surface area contributed by atoms with E-state index in [-0.39, 0.29) is 23.3 Å². The van der Waals surface area contributed by atoms with Gasteiger partial charge in [0.2, 0.25) is 5.91 Å². The Morgan fingerprint density at radius 1 is 1.39 bits per heavy atom. The van der Waals surface area contributed by atoms with Gasteiger partial charge in [-0.05, 0) is 37.3 Å². The van der Waals surface area contributed by atoms with Gasteiger partial charge in [0.1, 0.15) is 23.9 Å². The molecule has 1 aromatic carbocycles. The Labute approximate surface area is 170 Å². The fourth-order valence-electron chi connectivity index (χ4n) is 2.36. The first kappa shape index (κ1) is 20.2. The molecule has 2 aromatic heterocycles. The molecule has 0 radical (unpaired) electrons. The van der Waals surface area contributed by atoms with Crippen molar-refractivity contribution in [1.82, 2.24) is 20.1 Å². The van der Waals surface area contributed by atoms with Gasteiger partial charge in [-0.15, -0.1) is 10.2 Å². The Morgan fingerprint density at radius 3 is 2.96 bits per heavy atom. The van der Waals surface area contributed by atoms with Crippen LogP contribution >= 0.6 is 23.4 Å². The SMILES string of the molecule is CCn1c(COc2ccc(F)cc2Cl)nnc1SCC(=O)NCc1ccco1. The van der Waals surface area contributed by atoms with E-state index in [1.807, 2.05) is 11.5 Å². The van der Waals surface area contributed by atoms with Crippen LogP contribution in [-0.2, 0) is 24.5 Å². The van der Waals surface area contributed by atoms with E-state index in [2.05, 4.69) is 15.5 Å². The highest BCUT2D eigenvalue weighted by Gasteiger charge is 2.14. The first-order valence-corrected chi connectivity index (χ1v) is 9.85. The highest BCUT2D eigenvalue weighted by Crippen LogP contribution is 2.26. The van der Waals surface area contributed by atoms with Crippen LogP contribution in [0.3, 0.4) is 0 Å². The van der Waals surface area contributed by atoms with E-state index >= 15 is 0 Å². The van der Waals surface area contributed by atoms with Gasteiger partial charge in [0, 0.05) is 6.54 Å². The largest absolute Gasteiger partial charge is 0.484 e. The topological polar surface area (TPSA) is 82.2 Å². The lowest BCUT2D eigenvalue weighted by Crippen LogP contribution is -2.24. The van der Waals surface area contributed by atoms with Crippen molar-refractivity contribution in [2.75, 3.05) is 5.75 Å². The molecular formula is C18H18ClFN4O3S. The molecule has 3 aromatic rings. The van der Waals surface area contributed by atoms with Crippen molar-refractivity contribution in [3.8, 4) is 5.75 Å². The summed E-state index contributed by atoms with van der Waals surface area (Å²) < 4.78 is 25.8. The summed E-state index contributed by atoms with van der Waals surface area (Å²) in [6, 6.07) is 7.48. The Bertz CT molecular complexity index is 933. The number of aromatic nitrogens is 3. The molecule has 0 unspecified atom stereocenters. The van der Waals surface area contributed by atoms with Crippen LogP contribution in [0.15, 0.2) is 46.2 Å². The number of hydrogen-bond acceptors (Lipinski definition) is 6. The molecule has 0 bridgehead atoms. The fraction of sp³-hybridized carbons (Fsp3) is 0.278. The van der Waals surface area contributed by atoms with Gasteiger partial charge in [0.25, 0.3) is 0 Å². The van der Waals surface area contributed by atoms with E-state index in [4.69, 9.17) is 20.8 Å². The number of nitrogens with one attached hydrogen (secondary N) is 1. The Kier molecular flexibility index (Phi) is 6.94. The first-order valence-electron chi connectivity index (χ1n) is 8.48. The lowest BCUT2D eigenvalue weighted by atomic mass is 10.3. The molecule has 1 amide bonds. The number of benzene rings is 1. The second-order valence-corrected chi connectivity index (χ2v) is 7.00. The number of nitrogens with zero attached hydrogens (tertiary/aromatic N) is 3. The summed E-state index contributed by atoms with van der Waals surface area (Å²) in [4.78, 5) is 12.0. The monoisotopic (exact) mass is 424 g/mol. The maximum atomic E-state index is 13.1. The maximum absolute atomic E-state index is 13.1. The van der Waals surface area contributed by atoms with E-state index < -0.39 is 5.82 Å². The third kappa shape index (κ3) is 5.26. The Balaban J connectivity index is 1.54. The zero-order chi connectivity index (χ0) is 19.9. The van der Waals surface area contributed by atoms with E-state index in [0.29, 0.717) is 35.6 Å². The second-order valence-electron chi connectivity index (χ2n) is 5.65. The first-order chi connectivity index (χ1) is 13.6. The van der Waals surface area contributed by atoms with Crippen LogP contribution < -0.4 is 10.1 Å². The van der Waals surface area contributed by atoms with Crippen LogP contribution in [0, 0.1) is 5.82 Å². The van der Waals surface area contributed by atoms with Gasteiger partial charge >= 0.3 is 0 Å². The molecule has 2 heterocycles. The smallest absolute Gasteiger partial charge is 0.230 e. The van der Waals surface area contributed by atoms with E-state index in [1.165, 1.54) is 30.0 Å². The van der Waals surface area contributed by atoms with Crippen molar-refractivity contribution in [2.24, 2.45) is 0 Å². The van der Waals surface area contributed by atoms with Crippen LogP contribution in [0.25, 0.3) is 0 Å². The van der Waals surface area contributed by atoms with Gasteiger partial charge < -0.3 is 19.0 Å². The van der Waals surface area contributed by atoms with Gasteiger partial charge in [0.15, 0.2) is 11.0 Å². The highest BCUT2D eigenvalue weighted by molar-refractivity contribution is 7.99. The summed E-state index contributed by atoms with van der Waals surface area (Å²) in [5.41, 5.74) is 0. The lowest BCUT2D eigenvalue weighted by Gasteiger charge is -2.10. The average Bonchev–Trinajstić information content (AvgIpc) is 3.33. The molecule has 28 heavy (non-hydrogen) atoms. The number of hydrogen-bond donors (Lipinski definition) is 1. The van der Waals surface area contributed by atoms with Crippen molar-refractivity contribution >= 4 is 29.3 Å². The molecular weight excluding hydrogens is 407 g/mol. The molecule has 0 saturated heterocycles. The standard InChI is InChI=1S/C18H18ClFN4O3S/c1-2-24-16(10-27-15-6-5-12(20)8-14(15)19)22-23-18(24)28-11-17(25)21-9-13-4-3-7-26-13/h3-8H,2,9-11H2,1H3,(H,21,25). The average molecular weight is 425 g/mol. The van der Waals surface area contributed by atoms with Crippen molar-refractivity contribution in [1.29, 1.82) is 0 Å². The predicted molar refractivity (Wildman–Crippen MR) is 103 cm³/mol. The molecule has 0 saturated carbocycles. The van der Waals surface area contributed by atoms with Crippen molar-refractivity contribution in [3.05, 3.63) is 59.0 Å². The second kappa shape index (κ2) is 9.61. The van der Waals surface area contributed by atoms with Gasteiger partial charge in [0.05, 0.1) is 23.6 Å². The molecule has 7 nitrogen and oxygen atoms in total. The summed E-state index contributed by atoms with van der Waals surface area (Å²) in [5.74, 6) is 1.26. The molecule has 0 aliphatic carbocycles. The third-order valence-electron chi connectivity index (χ3n) is 3.73. The molecule has 0 fully saturated rings. The minimum Gasteiger partial charge on any atom is -0.484 e. The van der Waals surface area contributed by atoms with Gasteiger partial charge in [-0.2, -0.15) is 0 Å². The lowest BCUT2D eigenvalue weighted by molar-refractivity contribution is -0.118. The van der Waals surface area contributed by atoms with E-state index in [0.717, 1.165) is 0 Å². The highest BCUT2D eigenvalue weighted by atomic mass is 35.5. The van der Waals surface area contributed by atoms with Crippen molar-refractivity contribution < 1.29 is 18.3 Å². The molecule has 148 valence electrons. The number of rotatable bonds is 9. The summed E-state index contributed by atoms with van der Waals surface area (Å²) >= 11 is 7.24. The minimum atomic E-state index is -0.432. The third-order valence-corrected chi connectivity index (χ3v) is 4.99. The Morgan fingerprint density at radius 2 is 2.25 bits per heavy atom. The van der Waals surface area contributed by atoms with Crippen LogP contribution in [0.4, 0.5) is 4.39 Å². The number of amides is 1. The summed E-state index contributed by atoms with van der Waals surface area (Å²) in [6.07, 6.45) is 1.56. The van der Waals surface area contributed by atoms with Crippen molar-refractivity contribution in [2.45, 2.75) is 31.8 Å². The molecule has 0 aliphatic heterocycles. The van der Waals surface area contributed by atoms with Crippen LogP contribution in [0.1, 0.15) is 18.5 Å². The van der Waals surface area contributed by atoms with Gasteiger partial charge in [-0.1, -0.05) is 23.4 Å². The normalized spacial score (nSPS) is 10.8. The van der Waals surface area contributed by atoms with Crippen LogP contribution in [0.5, 0.6) is 5.75 Å². The van der Waals surface area contributed by atoms with Gasteiger partial charge in [-0.25, -0.2) is 4.39 Å². The molecule has 0 spiro atoms. The predicted octanol–water partition coefficient (Wildman–Crippen LogP) is 3.67. The number of thioether (sulfide) groups is 1. The number of halogens is 2. The maximum Gasteiger partial charge on any atom is 0.230 e. The van der Waals surface area contributed by atoms with E-state index in [1.54, 1.807) is 18.4 Å².